The van der Waals surface area contributed by atoms with Crippen LogP contribution in [0.1, 0.15) is 37.4 Å². The second kappa shape index (κ2) is 5.25. The Bertz CT molecular complexity index is 571. The lowest BCUT2D eigenvalue weighted by Crippen LogP contribution is -2.08. The van der Waals surface area contributed by atoms with Crippen LogP contribution in [0.3, 0.4) is 0 Å². The smallest absolute Gasteiger partial charge is 0.207 e. The average molecular weight is 276 g/mol. The van der Waals surface area contributed by atoms with Crippen LogP contribution in [-0.2, 0) is 0 Å². The molecule has 100 valence electrons. The number of hydrogen-bond acceptors (Lipinski definition) is 2. The first kappa shape index (κ1) is 12.5. The lowest BCUT2D eigenvalue weighted by Gasteiger charge is -2.16. The summed E-state index contributed by atoms with van der Waals surface area (Å²) >= 11 is 6.19. The molecule has 1 saturated carbocycles. The Morgan fingerprint density at radius 1 is 1.26 bits per heavy atom. The summed E-state index contributed by atoms with van der Waals surface area (Å²) in [6.07, 6.45) is 7.25. The van der Waals surface area contributed by atoms with Gasteiger partial charge in [-0.15, -0.1) is 0 Å². The molecule has 0 atom stereocenters. The molecule has 19 heavy (non-hydrogen) atoms. The molecule has 1 fully saturated rings. The molecule has 1 aromatic heterocycles. The van der Waals surface area contributed by atoms with Crippen molar-refractivity contribution in [2.45, 2.75) is 38.6 Å². The third kappa shape index (κ3) is 2.61. The molecule has 0 saturated heterocycles. The Kier molecular flexibility index (Phi) is 3.47. The molecule has 0 spiro atoms. The summed E-state index contributed by atoms with van der Waals surface area (Å²) in [5, 5.41) is 4.08. The Hall–Kier alpha value is -1.48. The van der Waals surface area contributed by atoms with Gasteiger partial charge in [-0.1, -0.05) is 36.6 Å². The molecule has 3 rings (SSSR count). The number of benzene rings is 1. The SMILES string of the molecule is Cc1cn(C2CCCC2)c(Nc2ccccc2Cl)n1. The van der Waals surface area contributed by atoms with E-state index < -0.39 is 0 Å². The van der Waals surface area contributed by atoms with Gasteiger partial charge < -0.3 is 9.88 Å². The van der Waals surface area contributed by atoms with E-state index in [0.717, 1.165) is 22.4 Å². The maximum atomic E-state index is 6.19. The van der Waals surface area contributed by atoms with E-state index in [2.05, 4.69) is 21.1 Å². The first-order valence-electron chi connectivity index (χ1n) is 6.81. The highest BCUT2D eigenvalue weighted by molar-refractivity contribution is 6.33. The maximum Gasteiger partial charge on any atom is 0.207 e. The van der Waals surface area contributed by atoms with Gasteiger partial charge in [0.05, 0.1) is 16.4 Å². The number of imidazole rings is 1. The number of nitrogens with one attached hydrogen (secondary N) is 1. The summed E-state index contributed by atoms with van der Waals surface area (Å²) in [6.45, 7) is 2.03. The number of nitrogens with zero attached hydrogens (tertiary/aromatic N) is 2. The third-order valence-electron chi connectivity index (χ3n) is 3.69. The van der Waals surface area contributed by atoms with Gasteiger partial charge in [-0.2, -0.15) is 0 Å². The lowest BCUT2D eigenvalue weighted by atomic mass is 10.2. The summed E-state index contributed by atoms with van der Waals surface area (Å²) in [4.78, 5) is 4.58. The topological polar surface area (TPSA) is 29.9 Å². The van der Waals surface area contributed by atoms with Crippen LogP contribution in [0.2, 0.25) is 5.02 Å². The van der Waals surface area contributed by atoms with E-state index in [1.807, 2.05) is 31.2 Å². The zero-order chi connectivity index (χ0) is 13.2. The zero-order valence-electron chi connectivity index (χ0n) is 11.1. The standard InChI is InChI=1S/C15H18ClN3/c1-11-10-19(12-6-2-3-7-12)15(17-11)18-14-9-5-4-8-13(14)16/h4-5,8-10,12H,2-3,6-7H2,1H3,(H,17,18). The van der Waals surface area contributed by atoms with Gasteiger partial charge in [0.25, 0.3) is 0 Å². The van der Waals surface area contributed by atoms with Crippen LogP contribution >= 0.6 is 11.6 Å². The molecule has 1 aliphatic carbocycles. The minimum absolute atomic E-state index is 0.575. The van der Waals surface area contributed by atoms with Gasteiger partial charge in [-0.25, -0.2) is 4.98 Å². The molecule has 0 aliphatic heterocycles. The molecule has 0 radical (unpaired) electrons. The highest BCUT2D eigenvalue weighted by atomic mass is 35.5. The number of para-hydroxylation sites is 1. The molecule has 4 heteroatoms. The van der Waals surface area contributed by atoms with E-state index in [-0.39, 0.29) is 0 Å². The van der Waals surface area contributed by atoms with Crippen molar-refractivity contribution in [1.82, 2.24) is 9.55 Å². The Morgan fingerprint density at radius 3 is 2.74 bits per heavy atom. The fraction of sp³-hybridized carbons (Fsp3) is 0.400. The van der Waals surface area contributed by atoms with Gasteiger partial charge in [-0.3, -0.25) is 0 Å². The molecular weight excluding hydrogens is 258 g/mol. The molecule has 0 bridgehead atoms. The summed E-state index contributed by atoms with van der Waals surface area (Å²) < 4.78 is 2.27. The Morgan fingerprint density at radius 2 is 2.00 bits per heavy atom. The van der Waals surface area contributed by atoms with Crippen LogP contribution in [-0.4, -0.2) is 9.55 Å². The molecule has 1 aliphatic rings. The van der Waals surface area contributed by atoms with Crippen LogP contribution in [0, 0.1) is 6.92 Å². The molecule has 1 aromatic carbocycles. The number of aryl methyl sites for hydroxylation is 1. The van der Waals surface area contributed by atoms with Gasteiger partial charge in [0.15, 0.2) is 0 Å². The molecule has 1 N–H and O–H groups in total. The molecule has 1 heterocycles. The maximum absolute atomic E-state index is 6.19. The number of hydrogen-bond donors (Lipinski definition) is 1. The zero-order valence-corrected chi connectivity index (χ0v) is 11.8. The summed E-state index contributed by atoms with van der Waals surface area (Å²) in [5.74, 6) is 0.900. The Balaban J connectivity index is 1.90. The molecule has 2 aromatic rings. The number of aromatic nitrogens is 2. The average Bonchev–Trinajstić information content (AvgIpc) is 3.01. The summed E-state index contributed by atoms with van der Waals surface area (Å²) in [6, 6.07) is 8.35. The largest absolute Gasteiger partial charge is 0.324 e. The van der Waals surface area contributed by atoms with Gasteiger partial charge in [-0.05, 0) is 31.9 Å². The van der Waals surface area contributed by atoms with Crippen molar-refractivity contribution in [3.05, 3.63) is 41.2 Å². The third-order valence-corrected chi connectivity index (χ3v) is 4.02. The van der Waals surface area contributed by atoms with Crippen LogP contribution in [0.15, 0.2) is 30.5 Å². The van der Waals surface area contributed by atoms with Crippen molar-refractivity contribution in [2.24, 2.45) is 0 Å². The van der Waals surface area contributed by atoms with Crippen molar-refractivity contribution < 1.29 is 0 Å². The second-order valence-electron chi connectivity index (χ2n) is 5.16. The first-order chi connectivity index (χ1) is 9.24. The van der Waals surface area contributed by atoms with Crippen LogP contribution in [0.5, 0.6) is 0 Å². The van der Waals surface area contributed by atoms with E-state index in [9.17, 15) is 0 Å². The molecular formula is C15H18ClN3. The van der Waals surface area contributed by atoms with Crippen LogP contribution in [0.25, 0.3) is 0 Å². The quantitative estimate of drug-likeness (QED) is 0.880. The highest BCUT2D eigenvalue weighted by Gasteiger charge is 2.20. The fourth-order valence-corrected chi connectivity index (χ4v) is 2.94. The normalized spacial score (nSPS) is 15.9. The minimum atomic E-state index is 0.575. The van der Waals surface area contributed by atoms with Crippen LogP contribution < -0.4 is 5.32 Å². The van der Waals surface area contributed by atoms with Gasteiger partial charge in [0.1, 0.15) is 0 Å². The molecule has 0 amide bonds. The van der Waals surface area contributed by atoms with Crippen molar-refractivity contribution in [1.29, 1.82) is 0 Å². The van der Waals surface area contributed by atoms with Crippen LogP contribution in [0.4, 0.5) is 11.6 Å². The monoisotopic (exact) mass is 275 g/mol. The van der Waals surface area contributed by atoms with E-state index in [1.54, 1.807) is 0 Å². The predicted octanol–water partition coefficient (Wildman–Crippen LogP) is 4.70. The van der Waals surface area contributed by atoms with Crippen molar-refractivity contribution in [3.8, 4) is 0 Å². The van der Waals surface area contributed by atoms with E-state index >= 15 is 0 Å². The minimum Gasteiger partial charge on any atom is -0.324 e. The van der Waals surface area contributed by atoms with Gasteiger partial charge >= 0.3 is 0 Å². The van der Waals surface area contributed by atoms with E-state index in [0.29, 0.717) is 6.04 Å². The Labute approximate surface area is 118 Å². The van der Waals surface area contributed by atoms with E-state index in [1.165, 1.54) is 25.7 Å². The number of halogens is 1. The van der Waals surface area contributed by atoms with Gasteiger partial charge in [0.2, 0.25) is 5.95 Å². The van der Waals surface area contributed by atoms with Crippen molar-refractivity contribution in [2.75, 3.05) is 5.32 Å². The molecule has 0 unspecified atom stereocenters. The summed E-state index contributed by atoms with van der Waals surface area (Å²) in [7, 11) is 0. The lowest BCUT2D eigenvalue weighted by molar-refractivity contribution is 0.524. The summed E-state index contributed by atoms with van der Waals surface area (Å²) in [5.41, 5.74) is 1.95. The van der Waals surface area contributed by atoms with Gasteiger partial charge in [0, 0.05) is 12.2 Å². The second-order valence-corrected chi connectivity index (χ2v) is 5.56. The molecule has 3 nitrogen and oxygen atoms in total. The number of rotatable bonds is 3. The fourth-order valence-electron chi connectivity index (χ4n) is 2.75. The van der Waals surface area contributed by atoms with E-state index in [4.69, 9.17) is 11.6 Å². The first-order valence-corrected chi connectivity index (χ1v) is 7.19. The highest BCUT2D eigenvalue weighted by Crippen LogP contribution is 2.33. The predicted molar refractivity (Wildman–Crippen MR) is 79.2 cm³/mol. The van der Waals surface area contributed by atoms with Crippen molar-refractivity contribution in [3.63, 3.8) is 0 Å². The number of anilines is 2. The van der Waals surface area contributed by atoms with Crippen molar-refractivity contribution >= 4 is 23.2 Å².